The van der Waals surface area contributed by atoms with E-state index in [1.54, 1.807) is 46.9 Å². The maximum Gasteiger partial charge on any atom is 0.433 e. The van der Waals surface area contributed by atoms with Crippen LogP contribution >= 0.6 is 0 Å². The highest BCUT2D eigenvalue weighted by Gasteiger charge is 2.33. The molecule has 3 aromatic rings. The lowest BCUT2D eigenvalue weighted by Gasteiger charge is -2.28. The van der Waals surface area contributed by atoms with Gasteiger partial charge in [0.1, 0.15) is 22.8 Å². The van der Waals surface area contributed by atoms with Gasteiger partial charge in [0.2, 0.25) is 0 Å². The summed E-state index contributed by atoms with van der Waals surface area (Å²) < 4.78 is 50.4. The molecular formula is C33H36F3N5O4. The summed E-state index contributed by atoms with van der Waals surface area (Å²) in [6.07, 6.45) is -4.20. The molecule has 0 bridgehead atoms. The minimum atomic E-state index is -4.67. The zero-order chi connectivity index (χ0) is 32.9. The molecule has 2 amide bonds. The summed E-state index contributed by atoms with van der Waals surface area (Å²) >= 11 is 0. The van der Waals surface area contributed by atoms with Crippen LogP contribution in [0.15, 0.2) is 48.7 Å². The zero-order valence-electron chi connectivity index (χ0n) is 26.1. The lowest BCUT2D eigenvalue weighted by Crippen LogP contribution is -2.38. The monoisotopic (exact) mass is 623 g/mol. The maximum atomic E-state index is 13.1. The third kappa shape index (κ3) is 8.95. The molecule has 3 heterocycles. The molecule has 1 N–H and O–H groups in total. The molecule has 4 rings (SSSR count). The number of benzene rings is 1. The number of hydrogen-bond acceptors (Lipinski definition) is 7. The number of pyridine rings is 2. The molecule has 1 aliphatic heterocycles. The molecule has 1 atom stereocenters. The molecule has 0 saturated carbocycles. The van der Waals surface area contributed by atoms with Crippen LogP contribution in [-0.2, 0) is 15.7 Å². The van der Waals surface area contributed by atoms with Crippen molar-refractivity contribution in [3.05, 3.63) is 71.2 Å². The number of hydrogen-bond donors (Lipinski definition) is 1. The Hall–Kier alpha value is -4.63. The normalized spacial score (nSPS) is 14.2. The summed E-state index contributed by atoms with van der Waals surface area (Å²) in [4.78, 5) is 37.0. The van der Waals surface area contributed by atoms with E-state index in [1.165, 1.54) is 11.0 Å². The van der Waals surface area contributed by atoms with Crippen LogP contribution in [0.25, 0.3) is 11.1 Å². The number of alkyl halides is 3. The van der Waals surface area contributed by atoms with Crippen LogP contribution in [0.5, 0.6) is 0 Å². The van der Waals surface area contributed by atoms with Crippen LogP contribution in [0.1, 0.15) is 55.0 Å². The van der Waals surface area contributed by atoms with E-state index >= 15 is 0 Å². The second-order valence-electron chi connectivity index (χ2n) is 11.6. The number of rotatable bonds is 5. The number of ether oxygens (including phenoxy) is 2. The molecule has 9 nitrogen and oxygen atoms in total. The lowest BCUT2D eigenvalue weighted by atomic mass is 9.99. The predicted octanol–water partition coefficient (Wildman–Crippen LogP) is 6.17. The van der Waals surface area contributed by atoms with Gasteiger partial charge in [-0.25, -0.2) is 9.78 Å². The van der Waals surface area contributed by atoms with Crippen molar-refractivity contribution in [1.82, 2.24) is 14.9 Å². The Labute approximate surface area is 260 Å². The molecule has 238 valence electrons. The standard InChI is InChI=1S/C33H36F3N5O4/c1-21-7-9-26(39-30(42)23-11-12-37-28(18-23)33(34,35)36)20-27(21)24-17-25(38-29(19-24)41-13-15-44-16-14-41)10-8-22(2)40(6)31(43)45-32(3,4)5/h7,9,11-12,17-20,22H,13-16H2,1-6H3,(H,39,42)/t22-/m0/s1. The summed E-state index contributed by atoms with van der Waals surface area (Å²) in [6, 6.07) is 10.5. The van der Waals surface area contributed by atoms with E-state index in [4.69, 9.17) is 14.5 Å². The predicted molar refractivity (Wildman–Crippen MR) is 165 cm³/mol. The average Bonchev–Trinajstić information content (AvgIpc) is 2.99. The summed E-state index contributed by atoms with van der Waals surface area (Å²) in [7, 11) is 1.62. The van der Waals surface area contributed by atoms with E-state index in [0.717, 1.165) is 22.9 Å². The number of nitrogens with one attached hydrogen (secondary N) is 1. The summed E-state index contributed by atoms with van der Waals surface area (Å²) in [6.45, 7) is 11.5. The number of aromatic nitrogens is 2. The number of aryl methyl sites for hydroxylation is 1. The first kappa shape index (κ1) is 33.3. The Morgan fingerprint density at radius 1 is 1.09 bits per heavy atom. The van der Waals surface area contributed by atoms with Gasteiger partial charge in [0.15, 0.2) is 0 Å². The Kier molecular flexibility index (Phi) is 10.0. The number of carbonyl (C=O) groups is 2. The SMILES string of the molecule is Cc1ccc(NC(=O)c2ccnc(C(F)(F)F)c2)cc1-c1cc(C#C[C@H](C)N(C)C(=O)OC(C)(C)C)nc(N2CCOCC2)c1. The summed E-state index contributed by atoms with van der Waals surface area (Å²) in [5.41, 5.74) is 1.37. The van der Waals surface area contributed by atoms with Crippen molar-refractivity contribution >= 4 is 23.5 Å². The number of anilines is 2. The Balaban J connectivity index is 1.66. The minimum absolute atomic E-state index is 0.166. The van der Waals surface area contributed by atoms with Crippen molar-refractivity contribution in [3.63, 3.8) is 0 Å². The first-order chi connectivity index (χ1) is 21.1. The van der Waals surface area contributed by atoms with Crippen molar-refractivity contribution in [3.8, 4) is 23.0 Å². The molecule has 2 aromatic heterocycles. The topological polar surface area (TPSA) is 96.9 Å². The van der Waals surface area contributed by atoms with Gasteiger partial charge in [0, 0.05) is 37.6 Å². The third-order valence-corrected chi connectivity index (χ3v) is 6.94. The average molecular weight is 624 g/mol. The molecular weight excluding hydrogens is 587 g/mol. The van der Waals surface area contributed by atoms with Crippen LogP contribution in [0.4, 0.5) is 29.5 Å². The molecule has 1 aliphatic rings. The molecule has 0 unspecified atom stereocenters. The van der Waals surface area contributed by atoms with Gasteiger partial charge >= 0.3 is 12.3 Å². The smallest absolute Gasteiger partial charge is 0.433 e. The number of amides is 2. The van der Waals surface area contributed by atoms with Crippen LogP contribution in [0, 0.1) is 18.8 Å². The first-order valence-corrected chi connectivity index (χ1v) is 14.4. The third-order valence-electron chi connectivity index (χ3n) is 6.94. The lowest BCUT2D eigenvalue weighted by molar-refractivity contribution is -0.141. The molecule has 1 saturated heterocycles. The molecule has 45 heavy (non-hydrogen) atoms. The van der Waals surface area contributed by atoms with E-state index in [9.17, 15) is 22.8 Å². The van der Waals surface area contributed by atoms with Crippen LogP contribution < -0.4 is 10.2 Å². The Morgan fingerprint density at radius 3 is 2.47 bits per heavy atom. The molecule has 12 heteroatoms. The highest BCUT2D eigenvalue weighted by atomic mass is 19.4. The maximum absolute atomic E-state index is 13.1. The first-order valence-electron chi connectivity index (χ1n) is 14.4. The van der Waals surface area contributed by atoms with E-state index < -0.39 is 35.5 Å². The van der Waals surface area contributed by atoms with Gasteiger partial charge in [-0.15, -0.1) is 0 Å². The van der Waals surface area contributed by atoms with E-state index in [0.29, 0.717) is 49.6 Å². The van der Waals surface area contributed by atoms with E-state index in [2.05, 4.69) is 27.0 Å². The van der Waals surface area contributed by atoms with Crippen molar-refractivity contribution in [1.29, 1.82) is 0 Å². The molecule has 1 fully saturated rings. The van der Waals surface area contributed by atoms with Crippen molar-refractivity contribution in [2.75, 3.05) is 43.6 Å². The van der Waals surface area contributed by atoms with E-state index in [1.807, 2.05) is 25.1 Å². The number of morpholine rings is 1. The fourth-order valence-electron chi connectivity index (χ4n) is 4.40. The molecule has 0 spiro atoms. The largest absolute Gasteiger partial charge is 0.444 e. The molecule has 0 radical (unpaired) electrons. The number of nitrogens with zero attached hydrogens (tertiary/aromatic N) is 4. The Bertz CT molecular complexity index is 1620. The second kappa shape index (κ2) is 13.6. The number of halogens is 3. The summed E-state index contributed by atoms with van der Waals surface area (Å²) in [5, 5.41) is 2.69. The van der Waals surface area contributed by atoms with Crippen LogP contribution in [-0.4, -0.2) is 71.9 Å². The summed E-state index contributed by atoms with van der Waals surface area (Å²) in [5.74, 6) is 6.18. The zero-order valence-corrected chi connectivity index (χ0v) is 26.1. The van der Waals surface area contributed by atoms with Gasteiger partial charge in [-0.2, -0.15) is 13.2 Å². The van der Waals surface area contributed by atoms with Gasteiger partial charge < -0.3 is 19.7 Å². The molecule has 0 aliphatic carbocycles. The Morgan fingerprint density at radius 2 is 1.80 bits per heavy atom. The number of carbonyl (C=O) groups excluding carboxylic acids is 2. The van der Waals surface area contributed by atoms with Crippen LogP contribution in [0.3, 0.4) is 0 Å². The van der Waals surface area contributed by atoms with Crippen molar-refractivity contribution in [2.45, 2.75) is 52.4 Å². The van der Waals surface area contributed by atoms with Crippen molar-refractivity contribution in [2.24, 2.45) is 0 Å². The quantitative estimate of drug-likeness (QED) is 0.340. The van der Waals surface area contributed by atoms with Gasteiger partial charge in [-0.05, 0) is 93.6 Å². The van der Waals surface area contributed by atoms with E-state index in [-0.39, 0.29) is 5.56 Å². The molecule has 1 aromatic carbocycles. The van der Waals surface area contributed by atoms with Crippen LogP contribution in [0.2, 0.25) is 0 Å². The fourth-order valence-corrected chi connectivity index (χ4v) is 4.40. The highest BCUT2D eigenvalue weighted by molar-refractivity contribution is 6.04. The minimum Gasteiger partial charge on any atom is -0.444 e. The van der Waals surface area contributed by atoms with Crippen molar-refractivity contribution < 1.29 is 32.2 Å². The second-order valence-corrected chi connectivity index (χ2v) is 11.6. The van der Waals surface area contributed by atoms with Gasteiger partial charge in [-0.3, -0.25) is 14.7 Å². The van der Waals surface area contributed by atoms with Gasteiger partial charge in [0.05, 0.1) is 19.3 Å². The van der Waals surface area contributed by atoms with Gasteiger partial charge in [0.25, 0.3) is 5.91 Å². The fraction of sp³-hybridized carbons (Fsp3) is 0.394. The highest BCUT2D eigenvalue weighted by Crippen LogP contribution is 2.31. The van der Waals surface area contributed by atoms with Gasteiger partial charge in [-0.1, -0.05) is 12.0 Å².